The minimum absolute atomic E-state index is 0.215. The first-order valence-electron chi connectivity index (χ1n) is 9.32. The van der Waals surface area contributed by atoms with Crippen molar-refractivity contribution in [3.63, 3.8) is 0 Å². The highest BCUT2D eigenvalue weighted by atomic mass is 32.1. The third-order valence-corrected chi connectivity index (χ3v) is 5.81. The zero-order valence-corrected chi connectivity index (χ0v) is 17.4. The largest absolute Gasteiger partial charge is 0.336 e. The van der Waals surface area contributed by atoms with Crippen LogP contribution in [-0.2, 0) is 11.3 Å². The molecule has 31 heavy (non-hydrogen) atoms. The molecule has 1 N–H and O–H groups in total. The Bertz CT molecular complexity index is 1450. The van der Waals surface area contributed by atoms with Crippen LogP contribution < -0.4 is 16.6 Å². The second kappa shape index (κ2) is 7.92. The van der Waals surface area contributed by atoms with Crippen LogP contribution in [0, 0.1) is 25.5 Å². The molecule has 0 saturated heterocycles. The van der Waals surface area contributed by atoms with E-state index in [1.165, 1.54) is 47.9 Å². The van der Waals surface area contributed by atoms with Crippen LogP contribution in [-0.4, -0.2) is 15.0 Å². The Balaban J connectivity index is 1.80. The number of rotatable bonds is 4. The molecule has 0 aliphatic heterocycles. The van der Waals surface area contributed by atoms with E-state index in [1.807, 2.05) is 0 Å². The van der Waals surface area contributed by atoms with Crippen molar-refractivity contribution >= 4 is 33.1 Å². The monoisotopic (exact) mass is 441 g/mol. The minimum Gasteiger partial charge on any atom is -0.324 e. The van der Waals surface area contributed by atoms with Crippen molar-refractivity contribution in [3.05, 3.63) is 91.4 Å². The number of hydrogen-bond acceptors (Lipinski definition) is 4. The quantitative estimate of drug-likeness (QED) is 0.524. The van der Waals surface area contributed by atoms with Gasteiger partial charge in [0.05, 0.1) is 11.2 Å². The van der Waals surface area contributed by atoms with Gasteiger partial charge in [-0.1, -0.05) is 0 Å². The van der Waals surface area contributed by atoms with Gasteiger partial charge in [0.15, 0.2) is 0 Å². The van der Waals surface area contributed by atoms with Crippen LogP contribution in [0.4, 0.5) is 14.5 Å². The van der Waals surface area contributed by atoms with E-state index < -0.39 is 28.8 Å². The Labute approximate surface area is 179 Å². The highest BCUT2D eigenvalue weighted by Crippen LogP contribution is 2.19. The van der Waals surface area contributed by atoms with Crippen LogP contribution in [0.25, 0.3) is 15.9 Å². The number of carbonyl (C=O) groups excluding carboxylic acids is 1. The zero-order valence-electron chi connectivity index (χ0n) is 16.6. The average Bonchev–Trinajstić information content (AvgIpc) is 3.20. The molecule has 9 heteroatoms. The number of nitrogens with zero attached hydrogens (tertiary/aromatic N) is 2. The van der Waals surface area contributed by atoms with E-state index in [-0.39, 0.29) is 17.8 Å². The molecule has 0 radical (unpaired) electrons. The number of benzene rings is 2. The molecule has 2 heterocycles. The fourth-order valence-electron chi connectivity index (χ4n) is 3.34. The lowest BCUT2D eigenvalue weighted by atomic mass is 10.2. The molecule has 6 nitrogen and oxygen atoms in total. The number of aromatic nitrogens is 2. The van der Waals surface area contributed by atoms with Crippen LogP contribution in [0.2, 0.25) is 0 Å². The number of thiophene rings is 1. The van der Waals surface area contributed by atoms with Crippen LogP contribution in [0.3, 0.4) is 0 Å². The number of fused-ring (bicyclic) bond motifs is 1. The highest BCUT2D eigenvalue weighted by Gasteiger charge is 2.18. The summed E-state index contributed by atoms with van der Waals surface area (Å²) in [6, 6.07) is 9.48. The SMILES string of the molecule is Cc1cc(-n2c(=O)c3sccc3n(CC(=O)Nc3ccc(F)cc3C)c2=O)ccc1F. The van der Waals surface area contributed by atoms with Crippen molar-refractivity contribution in [2.24, 2.45) is 0 Å². The summed E-state index contributed by atoms with van der Waals surface area (Å²) in [6.45, 7) is 2.83. The smallest absolute Gasteiger partial charge is 0.324 e. The lowest BCUT2D eigenvalue weighted by molar-refractivity contribution is -0.116. The maximum absolute atomic E-state index is 13.7. The Morgan fingerprint density at radius 1 is 1.03 bits per heavy atom. The van der Waals surface area contributed by atoms with E-state index in [0.29, 0.717) is 21.5 Å². The molecule has 0 atom stereocenters. The lowest BCUT2D eigenvalue weighted by Crippen LogP contribution is -2.40. The summed E-state index contributed by atoms with van der Waals surface area (Å²) in [5.74, 6) is -1.39. The van der Waals surface area contributed by atoms with Crippen LogP contribution in [0.15, 0.2) is 57.4 Å². The summed E-state index contributed by atoms with van der Waals surface area (Å²) in [7, 11) is 0. The van der Waals surface area contributed by atoms with E-state index in [4.69, 9.17) is 0 Å². The molecule has 1 amide bonds. The molecule has 4 rings (SSSR count). The van der Waals surface area contributed by atoms with E-state index in [9.17, 15) is 23.2 Å². The van der Waals surface area contributed by atoms with Crippen molar-refractivity contribution in [1.82, 2.24) is 9.13 Å². The van der Waals surface area contributed by atoms with Gasteiger partial charge in [-0.2, -0.15) is 0 Å². The molecule has 0 aliphatic rings. The number of aryl methyl sites for hydroxylation is 2. The summed E-state index contributed by atoms with van der Waals surface area (Å²) in [4.78, 5) is 38.8. The molecule has 158 valence electrons. The van der Waals surface area contributed by atoms with E-state index in [2.05, 4.69) is 5.32 Å². The maximum Gasteiger partial charge on any atom is 0.336 e. The van der Waals surface area contributed by atoms with Crippen molar-refractivity contribution in [3.8, 4) is 5.69 Å². The van der Waals surface area contributed by atoms with Crippen molar-refractivity contribution in [1.29, 1.82) is 0 Å². The Hall–Kier alpha value is -3.59. The number of halogens is 2. The summed E-state index contributed by atoms with van der Waals surface area (Å²) in [6.07, 6.45) is 0. The number of hydrogen-bond donors (Lipinski definition) is 1. The van der Waals surface area contributed by atoms with Crippen molar-refractivity contribution in [2.45, 2.75) is 20.4 Å². The van der Waals surface area contributed by atoms with Gasteiger partial charge in [-0.3, -0.25) is 14.2 Å². The molecule has 0 unspecified atom stereocenters. The van der Waals surface area contributed by atoms with Gasteiger partial charge in [-0.05, 0) is 72.8 Å². The number of nitrogens with one attached hydrogen (secondary N) is 1. The first-order chi connectivity index (χ1) is 14.8. The second-order valence-electron chi connectivity index (χ2n) is 7.09. The van der Waals surface area contributed by atoms with Gasteiger partial charge < -0.3 is 5.32 Å². The van der Waals surface area contributed by atoms with Crippen LogP contribution >= 0.6 is 11.3 Å². The van der Waals surface area contributed by atoms with E-state index in [1.54, 1.807) is 18.4 Å². The topological polar surface area (TPSA) is 73.1 Å². The fraction of sp³-hybridized carbons (Fsp3) is 0.136. The summed E-state index contributed by atoms with van der Waals surface area (Å²) < 4.78 is 29.4. The Kier molecular flexibility index (Phi) is 5.28. The number of anilines is 1. The number of carbonyl (C=O) groups is 1. The maximum atomic E-state index is 13.7. The Morgan fingerprint density at radius 3 is 2.52 bits per heavy atom. The number of amides is 1. The normalized spacial score (nSPS) is 11.1. The molecule has 0 spiro atoms. The standard InChI is InChI=1S/C22H17F2N3O3S/c1-12-10-15(4-5-16(12)24)27-21(29)20-18(7-8-31-20)26(22(27)30)11-19(28)25-17-6-3-14(23)9-13(17)2/h3-10H,11H2,1-2H3,(H,25,28). The molecule has 0 fully saturated rings. The lowest BCUT2D eigenvalue weighted by Gasteiger charge is -2.13. The molecule has 2 aromatic heterocycles. The second-order valence-corrected chi connectivity index (χ2v) is 8.00. The predicted octanol–water partition coefficient (Wildman–Crippen LogP) is 3.75. The van der Waals surface area contributed by atoms with Gasteiger partial charge in [0.2, 0.25) is 5.91 Å². The minimum atomic E-state index is -0.715. The zero-order chi connectivity index (χ0) is 22.3. The molecule has 4 aromatic rings. The average molecular weight is 441 g/mol. The molecule has 0 bridgehead atoms. The van der Waals surface area contributed by atoms with Crippen LogP contribution in [0.1, 0.15) is 11.1 Å². The van der Waals surface area contributed by atoms with Crippen LogP contribution in [0.5, 0.6) is 0 Å². The van der Waals surface area contributed by atoms with Crippen molar-refractivity contribution < 1.29 is 13.6 Å². The van der Waals surface area contributed by atoms with Gasteiger partial charge in [-0.25, -0.2) is 18.1 Å². The van der Waals surface area contributed by atoms with Gasteiger partial charge in [0.1, 0.15) is 22.9 Å². The van der Waals surface area contributed by atoms with Crippen molar-refractivity contribution in [2.75, 3.05) is 5.32 Å². The van der Waals surface area contributed by atoms with Gasteiger partial charge in [0, 0.05) is 5.69 Å². The first-order valence-corrected chi connectivity index (χ1v) is 10.2. The highest BCUT2D eigenvalue weighted by molar-refractivity contribution is 7.17. The summed E-state index contributed by atoms with van der Waals surface area (Å²) in [5.41, 5.74) is 0.538. The molecular formula is C22H17F2N3O3S. The predicted molar refractivity (Wildman–Crippen MR) is 116 cm³/mol. The molecular weight excluding hydrogens is 424 g/mol. The summed E-state index contributed by atoms with van der Waals surface area (Å²) in [5, 5.41) is 4.32. The third-order valence-electron chi connectivity index (χ3n) is 4.92. The summed E-state index contributed by atoms with van der Waals surface area (Å²) >= 11 is 1.15. The molecule has 0 aliphatic carbocycles. The fourth-order valence-corrected chi connectivity index (χ4v) is 4.16. The van der Waals surface area contributed by atoms with Gasteiger partial charge in [0.25, 0.3) is 5.56 Å². The van der Waals surface area contributed by atoms with Gasteiger partial charge in [-0.15, -0.1) is 11.3 Å². The first kappa shape index (κ1) is 20.7. The van der Waals surface area contributed by atoms with Gasteiger partial charge >= 0.3 is 5.69 Å². The third kappa shape index (κ3) is 3.79. The van der Waals surface area contributed by atoms with E-state index >= 15 is 0 Å². The Morgan fingerprint density at radius 2 is 1.81 bits per heavy atom. The molecule has 2 aromatic carbocycles. The molecule has 0 saturated carbocycles. The van der Waals surface area contributed by atoms with E-state index in [0.717, 1.165) is 15.9 Å².